The lowest BCUT2D eigenvalue weighted by molar-refractivity contribution is 0.0663. The minimum atomic E-state index is -2.56. The van der Waals surface area contributed by atoms with Gasteiger partial charge in [0.05, 0.1) is 0 Å². The van der Waals surface area contributed by atoms with Crippen LogP contribution in [-0.4, -0.2) is 55.9 Å². The van der Waals surface area contributed by atoms with Gasteiger partial charge in [-0.15, -0.1) is 0 Å². The van der Waals surface area contributed by atoms with E-state index in [0.29, 0.717) is 13.1 Å². The molecule has 0 aliphatic carbocycles. The van der Waals surface area contributed by atoms with Crippen LogP contribution in [0.15, 0.2) is 30.3 Å². The first-order valence-corrected chi connectivity index (χ1v) is 10.5. The van der Waals surface area contributed by atoms with E-state index in [1.54, 1.807) is 4.90 Å². The Labute approximate surface area is 157 Å². The summed E-state index contributed by atoms with van der Waals surface area (Å²) in [6, 6.07) is 9.57. The second-order valence-corrected chi connectivity index (χ2v) is 8.09. The predicted molar refractivity (Wildman–Crippen MR) is 100 cm³/mol. The van der Waals surface area contributed by atoms with Gasteiger partial charge in [-0.1, -0.05) is 30.3 Å². The van der Waals surface area contributed by atoms with Crippen molar-refractivity contribution in [1.82, 2.24) is 9.80 Å². The van der Waals surface area contributed by atoms with Crippen molar-refractivity contribution in [3.63, 3.8) is 0 Å². The van der Waals surface area contributed by atoms with E-state index >= 15 is 0 Å². The van der Waals surface area contributed by atoms with Gasteiger partial charge in [0.25, 0.3) is 0 Å². The highest BCUT2D eigenvalue weighted by Gasteiger charge is 2.35. The molecule has 3 rings (SSSR count). The summed E-state index contributed by atoms with van der Waals surface area (Å²) in [6.07, 6.45) is 5.34. The average molecular weight is 380 g/mol. The number of hydrogen-bond acceptors (Lipinski definition) is 5. The van der Waals surface area contributed by atoms with Crippen molar-refractivity contribution in [3.05, 3.63) is 42.3 Å². The number of carbonyl (C=O) groups excluding carboxylic acids is 1. The van der Waals surface area contributed by atoms with Gasteiger partial charge in [0, 0.05) is 19.0 Å². The van der Waals surface area contributed by atoms with Crippen molar-refractivity contribution in [3.8, 4) is 0 Å². The molecular weight excluding hydrogens is 352 g/mol. The van der Waals surface area contributed by atoms with Crippen molar-refractivity contribution in [2.24, 2.45) is 5.92 Å². The fraction of sp³-hybridized carbons (Fsp3) is 0.579. The summed E-state index contributed by atoms with van der Waals surface area (Å²) in [7, 11) is -2.56. The summed E-state index contributed by atoms with van der Waals surface area (Å²) in [5, 5.41) is -0.483. The number of thiol groups is 1. The van der Waals surface area contributed by atoms with Crippen molar-refractivity contribution in [2.45, 2.75) is 37.7 Å². The number of ether oxygens (including phenoxy) is 1. The van der Waals surface area contributed by atoms with Crippen LogP contribution < -0.4 is 0 Å². The number of nitrogens with zero attached hydrogens (tertiary/aromatic N) is 2. The molecule has 0 aromatic heterocycles. The van der Waals surface area contributed by atoms with E-state index < -0.39 is 16.1 Å². The minimum Gasteiger partial charge on any atom is -0.445 e. The van der Waals surface area contributed by atoms with Gasteiger partial charge in [0.15, 0.2) is 10.7 Å². The largest absolute Gasteiger partial charge is 0.445 e. The van der Waals surface area contributed by atoms with Crippen molar-refractivity contribution in [2.75, 3.05) is 26.2 Å². The van der Waals surface area contributed by atoms with Gasteiger partial charge < -0.3 is 9.64 Å². The summed E-state index contributed by atoms with van der Waals surface area (Å²) >= 11 is 0. The number of amides is 1. The van der Waals surface area contributed by atoms with E-state index in [4.69, 9.17) is 4.74 Å². The molecule has 1 amide bonds. The maximum absolute atomic E-state index is 12.4. The molecule has 1 radical (unpaired) electrons. The zero-order valence-corrected chi connectivity index (χ0v) is 15.9. The fourth-order valence-electron chi connectivity index (χ4n) is 3.87. The lowest BCUT2D eigenvalue weighted by Gasteiger charge is -2.40. The summed E-state index contributed by atoms with van der Waals surface area (Å²) in [5.41, 5.74) is 0.944. The van der Waals surface area contributed by atoms with Crippen LogP contribution >= 0.6 is 0 Å². The number of piperidine rings is 2. The molecule has 2 fully saturated rings. The molecule has 2 aliphatic rings. The first-order chi connectivity index (χ1) is 12.6. The average Bonchev–Trinajstić information content (AvgIpc) is 2.68. The fourth-order valence-corrected chi connectivity index (χ4v) is 4.95. The van der Waals surface area contributed by atoms with Crippen molar-refractivity contribution in [1.29, 1.82) is 0 Å². The third-order valence-corrected chi connectivity index (χ3v) is 6.35. The number of likely N-dealkylation sites (tertiary alicyclic amines) is 2. The molecule has 0 bridgehead atoms. The van der Waals surface area contributed by atoms with E-state index in [1.165, 1.54) is 0 Å². The molecule has 2 saturated heterocycles. The van der Waals surface area contributed by atoms with Crippen LogP contribution in [0.4, 0.5) is 4.79 Å². The quantitative estimate of drug-likeness (QED) is 0.795. The monoisotopic (exact) mass is 379 g/mol. The van der Waals surface area contributed by atoms with Gasteiger partial charge in [0.2, 0.25) is 0 Å². The molecule has 2 atom stereocenters. The Morgan fingerprint density at radius 2 is 1.88 bits per heavy atom. The second kappa shape index (κ2) is 9.37. The zero-order valence-electron chi connectivity index (χ0n) is 15.0. The van der Waals surface area contributed by atoms with E-state index in [2.05, 4.69) is 11.3 Å². The van der Waals surface area contributed by atoms with Crippen LogP contribution in [0.25, 0.3) is 0 Å². The SMILES string of the molecule is O=C(OCc1ccccc1)N1CCCC(C(N2CC[CH]CC2)[SH](=O)=O)C1. The lowest BCUT2D eigenvalue weighted by Crippen LogP contribution is -2.51. The third kappa shape index (κ3) is 4.98. The van der Waals surface area contributed by atoms with Gasteiger partial charge in [-0.2, -0.15) is 0 Å². The molecule has 7 heteroatoms. The van der Waals surface area contributed by atoms with Gasteiger partial charge in [0.1, 0.15) is 12.0 Å². The van der Waals surface area contributed by atoms with E-state index in [1.807, 2.05) is 30.3 Å². The van der Waals surface area contributed by atoms with Gasteiger partial charge in [-0.3, -0.25) is 4.90 Å². The van der Waals surface area contributed by atoms with Gasteiger partial charge in [-0.05, 0) is 50.8 Å². The van der Waals surface area contributed by atoms with Crippen LogP contribution in [-0.2, 0) is 22.0 Å². The van der Waals surface area contributed by atoms with Gasteiger partial charge >= 0.3 is 6.09 Å². The number of carbonyl (C=O) groups is 1. The summed E-state index contributed by atoms with van der Waals surface area (Å²) in [4.78, 5) is 16.2. The Balaban J connectivity index is 1.59. The molecule has 2 heterocycles. The number of hydrogen-bond donors (Lipinski definition) is 1. The Morgan fingerprint density at radius 1 is 1.15 bits per heavy atom. The molecule has 0 N–H and O–H groups in total. The Hall–Kier alpha value is -1.60. The van der Waals surface area contributed by atoms with E-state index in [0.717, 1.165) is 44.3 Å². The Morgan fingerprint density at radius 3 is 2.58 bits per heavy atom. The summed E-state index contributed by atoms with van der Waals surface area (Å²) in [5.74, 6) is -0.0489. The molecule has 0 saturated carbocycles. The summed E-state index contributed by atoms with van der Waals surface area (Å²) < 4.78 is 29.3. The molecule has 1 aromatic carbocycles. The highest BCUT2D eigenvalue weighted by atomic mass is 32.2. The molecule has 2 aliphatic heterocycles. The Bertz CT molecular complexity index is 651. The van der Waals surface area contributed by atoms with Crippen LogP contribution in [0.1, 0.15) is 31.2 Å². The van der Waals surface area contributed by atoms with E-state index in [-0.39, 0.29) is 18.6 Å². The summed E-state index contributed by atoms with van der Waals surface area (Å²) in [6.45, 7) is 2.87. The van der Waals surface area contributed by atoms with Crippen molar-refractivity contribution < 1.29 is 17.9 Å². The first kappa shape index (κ1) is 19.2. The molecule has 6 nitrogen and oxygen atoms in total. The van der Waals surface area contributed by atoms with Gasteiger partial charge in [-0.25, -0.2) is 13.2 Å². The standard InChI is InChI=1S/C19H27N2O4S/c22-19(25-15-16-8-3-1-4-9-16)21-13-7-10-17(14-21)18(26(23)24)20-11-5-2-6-12-20/h1-4,8-9,17-18,26H,5-7,10-15H2. The molecule has 0 spiro atoms. The smallest absolute Gasteiger partial charge is 0.410 e. The highest BCUT2D eigenvalue weighted by Crippen LogP contribution is 2.26. The number of benzene rings is 1. The first-order valence-electron chi connectivity index (χ1n) is 9.30. The molecular formula is C19H27N2O4S. The van der Waals surface area contributed by atoms with Crippen LogP contribution in [0.5, 0.6) is 0 Å². The minimum absolute atomic E-state index is 0.0489. The number of rotatable bonds is 5. The molecule has 2 unspecified atom stereocenters. The molecule has 1 aromatic rings. The molecule has 26 heavy (non-hydrogen) atoms. The van der Waals surface area contributed by atoms with Crippen LogP contribution in [0, 0.1) is 12.3 Å². The lowest BCUT2D eigenvalue weighted by atomic mass is 9.96. The second-order valence-electron chi connectivity index (χ2n) is 6.99. The maximum Gasteiger partial charge on any atom is 0.410 e. The van der Waals surface area contributed by atoms with Crippen LogP contribution in [0.2, 0.25) is 0 Å². The molecule has 143 valence electrons. The maximum atomic E-state index is 12.4. The third-order valence-electron chi connectivity index (χ3n) is 5.17. The van der Waals surface area contributed by atoms with E-state index in [9.17, 15) is 13.2 Å². The normalized spacial score (nSPS) is 23.0. The highest BCUT2D eigenvalue weighted by molar-refractivity contribution is 7.73. The van der Waals surface area contributed by atoms with Crippen LogP contribution in [0.3, 0.4) is 0 Å². The predicted octanol–water partition coefficient (Wildman–Crippen LogP) is 2.27. The van der Waals surface area contributed by atoms with Crippen molar-refractivity contribution >= 4 is 16.8 Å². The topological polar surface area (TPSA) is 66.9 Å². The Kier molecular flexibility index (Phi) is 6.91. The zero-order chi connectivity index (χ0) is 18.4.